The number of ether oxygens (including phenoxy) is 2. The van der Waals surface area contributed by atoms with E-state index < -0.39 is 40.8 Å². The molecule has 0 aliphatic carbocycles. The SMILES string of the molecule is COc1ccc(Cn2ncc(NC(C)COCc3cn(C4CCN(c5ncc(C(F)(F)F)cn5)CC4)nn3)c(C(F)(F)F)c2=O)cc1. The largest absolute Gasteiger partial charge is 0.497 e. The number of nitrogens with zero attached hydrogens (tertiary/aromatic N) is 8. The number of nitrogens with one attached hydrogen (secondary N) is 1. The van der Waals surface area contributed by atoms with Gasteiger partial charge < -0.3 is 19.7 Å². The lowest BCUT2D eigenvalue weighted by Gasteiger charge is -2.31. The molecule has 0 bridgehead atoms. The summed E-state index contributed by atoms with van der Waals surface area (Å²) >= 11 is 0. The summed E-state index contributed by atoms with van der Waals surface area (Å²) in [5.41, 5.74) is -2.92. The number of hydrogen-bond acceptors (Lipinski definition) is 10. The van der Waals surface area contributed by atoms with Gasteiger partial charge in [0.25, 0.3) is 5.56 Å². The third kappa shape index (κ3) is 8.35. The molecule has 252 valence electrons. The van der Waals surface area contributed by atoms with E-state index in [1.807, 2.05) is 0 Å². The van der Waals surface area contributed by atoms with Crippen molar-refractivity contribution in [3.8, 4) is 5.75 Å². The van der Waals surface area contributed by atoms with Crippen molar-refractivity contribution in [3.63, 3.8) is 0 Å². The van der Waals surface area contributed by atoms with Gasteiger partial charge in [-0.2, -0.15) is 31.4 Å². The van der Waals surface area contributed by atoms with Crippen molar-refractivity contribution in [2.24, 2.45) is 0 Å². The maximum atomic E-state index is 14.0. The van der Waals surface area contributed by atoms with Gasteiger partial charge in [0, 0.05) is 31.5 Å². The molecule has 4 heterocycles. The average Bonchev–Trinajstić information content (AvgIpc) is 3.51. The van der Waals surface area contributed by atoms with Crippen molar-refractivity contribution in [2.75, 3.05) is 37.0 Å². The predicted molar refractivity (Wildman–Crippen MR) is 156 cm³/mol. The molecule has 1 aliphatic heterocycles. The number of anilines is 2. The second-order valence-electron chi connectivity index (χ2n) is 11.0. The molecule has 0 radical (unpaired) electrons. The molecule has 1 fully saturated rings. The minimum atomic E-state index is -4.93. The summed E-state index contributed by atoms with van der Waals surface area (Å²) in [6, 6.07) is 5.91. The summed E-state index contributed by atoms with van der Waals surface area (Å²) in [5, 5.41) is 14.9. The van der Waals surface area contributed by atoms with Crippen molar-refractivity contribution in [1.82, 2.24) is 34.7 Å². The molecule has 1 unspecified atom stereocenters. The Hall–Kier alpha value is -4.74. The van der Waals surface area contributed by atoms with Crippen LogP contribution in [0.5, 0.6) is 5.75 Å². The van der Waals surface area contributed by atoms with Crippen molar-refractivity contribution >= 4 is 11.6 Å². The highest BCUT2D eigenvalue weighted by Gasteiger charge is 2.38. The molecule has 12 nitrogen and oxygen atoms in total. The summed E-state index contributed by atoms with van der Waals surface area (Å²) in [6.07, 6.45) is -3.96. The first-order valence-corrected chi connectivity index (χ1v) is 14.5. The highest BCUT2D eigenvalue weighted by Crippen LogP contribution is 2.32. The summed E-state index contributed by atoms with van der Waals surface area (Å²) < 4.78 is 93.5. The van der Waals surface area contributed by atoms with Crippen LogP contribution in [0.1, 0.15) is 48.2 Å². The third-order valence-electron chi connectivity index (χ3n) is 7.48. The van der Waals surface area contributed by atoms with Crippen molar-refractivity contribution < 1.29 is 35.8 Å². The topological polar surface area (TPSA) is 125 Å². The van der Waals surface area contributed by atoms with Gasteiger partial charge in [0.2, 0.25) is 5.95 Å². The number of rotatable bonds is 11. The fourth-order valence-electron chi connectivity index (χ4n) is 5.06. The van der Waals surface area contributed by atoms with Gasteiger partial charge in [0.1, 0.15) is 17.0 Å². The maximum Gasteiger partial charge on any atom is 0.423 e. The van der Waals surface area contributed by atoms with Gasteiger partial charge in [-0.05, 0) is 37.5 Å². The fourth-order valence-corrected chi connectivity index (χ4v) is 5.06. The van der Waals surface area contributed by atoms with Crippen LogP contribution in [0.2, 0.25) is 0 Å². The van der Waals surface area contributed by atoms with E-state index in [0.29, 0.717) is 42.9 Å². The van der Waals surface area contributed by atoms with Crippen LogP contribution in [-0.4, -0.2) is 67.6 Å². The quantitative estimate of drug-likeness (QED) is 0.227. The second kappa shape index (κ2) is 13.9. The van der Waals surface area contributed by atoms with Crippen molar-refractivity contribution in [3.05, 3.63) is 81.8 Å². The lowest BCUT2D eigenvalue weighted by molar-refractivity contribution is -0.139. The van der Waals surface area contributed by atoms with Crippen LogP contribution >= 0.6 is 0 Å². The first-order chi connectivity index (χ1) is 22.3. The molecule has 4 aromatic rings. The van der Waals surface area contributed by atoms with Crippen LogP contribution in [0.15, 0.2) is 53.8 Å². The number of alkyl halides is 6. The number of methoxy groups -OCH3 is 1. The normalized spacial score (nSPS) is 15.1. The number of aromatic nitrogens is 7. The minimum Gasteiger partial charge on any atom is -0.497 e. The van der Waals surface area contributed by atoms with Crippen LogP contribution in [-0.2, 0) is 30.2 Å². The van der Waals surface area contributed by atoms with E-state index in [2.05, 4.69) is 30.7 Å². The first-order valence-electron chi connectivity index (χ1n) is 14.5. The monoisotopic (exact) mass is 667 g/mol. The van der Waals surface area contributed by atoms with Gasteiger partial charge in [0.15, 0.2) is 0 Å². The summed E-state index contributed by atoms with van der Waals surface area (Å²) in [6.45, 7) is 2.49. The number of piperidine rings is 1. The minimum absolute atomic E-state index is 0.00932. The Morgan fingerprint density at radius 3 is 2.30 bits per heavy atom. The molecular formula is C29H31F6N9O3. The van der Waals surface area contributed by atoms with E-state index in [1.54, 1.807) is 47.0 Å². The number of hydrogen-bond donors (Lipinski definition) is 1. The molecule has 18 heteroatoms. The van der Waals surface area contributed by atoms with E-state index in [1.165, 1.54) is 7.11 Å². The smallest absolute Gasteiger partial charge is 0.423 e. The Bertz CT molecular complexity index is 1680. The van der Waals surface area contributed by atoms with Gasteiger partial charge in [-0.15, -0.1) is 5.10 Å². The molecule has 1 aromatic carbocycles. The Labute approximate surface area is 264 Å². The van der Waals surface area contributed by atoms with Gasteiger partial charge in [-0.25, -0.2) is 19.3 Å². The Morgan fingerprint density at radius 2 is 1.68 bits per heavy atom. The Kier molecular flexibility index (Phi) is 9.97. The molecule has 0 spiro atoms. The maximum absolute atomic E-state index is 14.0. The van der Waals surface area contributed by atoms with E-state index in [4.69, 9.17) is 9.47 Å². The van der Waals surface area contributed by atoms with Crippen molar-refractivity contribution in [2.45, 2.75) is 57.4 Å². The van der Waals surface area contributed by atoms with Gasteiger partial charge in [-0.1, -0.05) is 17.3 Å². The van der Waals surface area contributed by atoms with Crippen LogP contribution in [0.3, 0.4) is 0 Å². The van der Waals surface area contributed by atoms with Crippen molar-refractivity contribution in [1.29, 1.82) is 0 Å². The molecule has 0 amide bonds. The van der Waals surface area contributed by atoms with Gasteiger partial charge in [-0.3, -0.25) is 4.79 Å². The number of benzene rings is 1. The van der Waals surface area contributed by atoms with Crippen LogP contribution in [0.4, 0.5) is 38.0 Å². The molecule has 1 N–H and O–H groups in total. The van der Waals surface area contributed by atoms with Crippen LogP contribution in [0.25, 0.3) is 0 Å². The van der Waals surface area contributed by atoms with Crippen LogP contribution in [0, 0.1) is 0 Å². The summed E-state index contributed by atoms with van der Waals surface area (Å²) in [7, 11) is 1.49. The lowest BCUT2D eigenvalue weighted by Crippen LogP contribution is -2.36. The zero-order valence-electron chi connectivity index (χ0n) is 25.3. The molecule has 1 saturated heterocycles. The Morgan fingerprint density at radius 1 is 1.00 bits per heavy atom. The number of halogens is 6. The molecule has 1 atom stereocenters. The molecule has 5 rings (SSSR count). The van der Waals surface area contributed by atoms with Crippen LogP contribution < -0.4 is 20.5 Å². The molecule has 3 aromatic heterocycles. The summed E-state index contributed by atoms with van der Waals surface area (Å²) in [5.74, 6) is 0.791. The standard InChI is InChI=1S/C29H31F6N9O3/c1-18(39-24-13-38-44(26(45)25(24)29(33,34)35)14-19-3-5-23(46-2)6-4-19)16-47-17-21-15-43(41-40-21)22-7-9-42(10-8-22)27-36-11-20(12-37-27)28(30,31)32/h3-6,11-13,15,18,22,39H,7-10,14,16-17H2,1-2H3. The average molecular weight is 668 g/mol. The van der Waals surface area contributed by atoms with E-state index in [9.17, 15) is 31.1 Å². The highest BCUT2D eigenvalue weighted by atomic mass is 19.4. The zero-order chi connectivity index (χ0) is 33.8. The van der Waals surface area contributed by atoms with Gasteiger partial charge in [0.05, 0.1) is 56.6 Å². The zero-order valence-corrected chi connectivity index (χ0v) is 25.3. The Balaban J connectivity index is 1.12. The third-order valence-corrected chi connectivity index (χ3v) is 7.48. The van der Waals surface area contributed by atoms with E-state index >= 15 is 0 Å². The predicted octanol–water partition coefficient (Wildman–Crippen LogP) is 4.58. The molecule has 0 saturated carbocycles. The fraction of sp³-hybridized carbons (Fsp3) is 0.448. The first kappa shape index (κ1) is 33.6. The summed E-state index contributed by atoms with van der Waals surface area (Å²) in [4.78, 5) is 22.3. The van der Waals surface area contributed by atoms with Gasteiger partial charge >= 0.3 is 12.4 Å². The van der Waals surface area contributed by atoms with E-state index in [-0.39, 0.29) is 31.7 Å². The molecule has 1 aliphatic rings. The van der Waals surface area contributed by atoms with E-state index in [0.717, 1.165) is 23.3 Å². The lowest BCUT2D eigenvalue weighted by atomic mass is 10.1. The molecule has 47 heavy (non-hydrogen) atoms. The molecular weight excluding hydrogens is 636 g/mol. The highest BCUT2D eigenvalue weighted by molar-refractivity contribution is 5.50. The second-order valence-corrected chi connectivity index (χ2v) is 11.0.